The van der Waals surface area contributed by atoms with Gasteiger partial charge in [-0.1, -0.05) is 18.7 Å². The predicted octanol–water partition coefficient (Wildman–Crippen LogP) is 2.34. The highest BCUT2D eigenvalue weighted by atomic mass is 32.2. The molecular formula is C8H15NOS. The van der Waals surface area contributed by atoms with E-state index in [0.717, 1.165) is 6.42 Å². The third kappa shape index (κ3) is 1.70. The van der Waals surface area contributed by atoms with E-state index in [1.165, 1.54) is 11.8 Å². The van der Waals surface area contributed by atoms with Crippen molar-refractivity contribution in [1.82, 2.24) is 4.90 Å². The number of thioether (sulfide) groups is 1. The lowest BCUT2D eigenvalue weighted by molar-refractivity contribution is 0.166. The third-order valence-corrected chi connectivity index (χ3v) is 3.32. The molecule has 0 saturated carbocycles. The highest BCUT2D eigenvalue weighted by Gasteiger charge is 2.35. The second-order valence-electron chi connectivity index (χ2n) is 3.77. The van der Waals surface area contributed by atoms with Crippen LogP contribution in [0.15, 0.2) is 0 Å². The summed E-state index contributed by atoms with van der Waals surface area (Å²) in [7, 11) is 1.88. The van der Waals surface area contributed by atoms with Gasteiger partial charge >= 0.3 is 0 Å². The van der Waals surface area contributed by atoms with Crippen LogP contribution in [0.1, 0.15) is 27.2 Å². The maximum Gasteiger partial charge on any atom is 0.282 e. The van der Waals surface area contributed by atoms with Gasteiger partial charge in [-0.25, -0.2) is 0 Å². The van der Waals surface area contributed by atoms with E-state index in [1.807, 2.05) is 11.9 Å². The molecule has 2 nitrogen and oxygen atoms in total. The highest BCUT2D eigenvalue weighted by Crippen LogP contribution is 2.34. The number of nitrogens with zero attached hydrogens (tertiary/aromatic N) is 1. The number of carbonyl (C=O) groups is 1. The van der Waals surface area contributed by atoms with Crippen LogP contribution in [0, 0.1) is 0 Å². The van der Waals surface area contributed by atoms with Crippen molar-refractivity contribution < 1.29 is 4.79 Å². The molecule has 0 aliphatic carbocycles. The van der Waals surface area contributed by atoms with Gasteiger partial charge in [0.15, 0.2) is 0 Å². The van der Waals surface area contributed by atoms with E-state index in [2.05, 4.69) is 20.8 Å². The minimum absolute atomic E-state index is 0.0434. The second kappa shape index (κ2) is 2.70. The molecule has 1 aliphatic rings. The van der Waals surface area contributed by atoms with Gasteiger partial charge in [0.25, 0.3) is 5.24 Å². The van der Waals surface area contributed by atoms with Gasteiger partial charge in [0, 0.05) is 17.8 Å². The molecule has 11 heavy (non-hydrogen) atoms. The fourth-order valence-corrected chi connectivity index (χ4v) is 2.62. The zero-order valence-electron chi connectivity index (χ0n) is 7.55. The first kappa shape index (κ1) is 8.91. The maximum absolute atomic E-state index is 11.3. The van der Waals surface area contributed by atoms with Crippen molar-refractivity contribution in [3.05, 3.63) is 0 Å². The molecule has 1 heterocycles. The average molecular weight is 173 g/mol. The van der Waals surface area contributed by atoms with Crippen molar-refractivity contribution in [3.63, 3.8) is 0 Å². The zero-order valence-corrected chi connectivity index (χ0v) is 8.36. The predicted molar refractivity (Wildman–Crippen MR) is 48.9 cm³/mol. The lowest BCUT2D eigenvalue weighted by atomic mass is 9.97. The Bertz CT molecular complexity index is 179. The molecule has 3 heteroatoms. The summed E-state index contributed by atoms with van der Waals surface area (Å²) in [4.78, 5) is 13.1. The summed E-state index contributed by atoms with van der Waals surface area (Å²) < 4.78 is 0. The van der Waals surface area contributed by atoms with Crippen LogP contribution in [0.5, 0.6) is 0 Å². The quantitative estimate of drug-likeness (QED) is 0.560. The SMILES string of the molecule is CC1CC(C)(C)N(C)C(=O)S1. The van der Waals surface area contributed by atoms with Gasteiger partial charge in [-0.2, -0.15) is 0 Å². The Morgan fingerprint density at radius 2 is 2.18 bits per heavy atom. The number of hydrogen-bond donors (Lipinski definition) is 0. The summed E-state index contributed by atoms with van der Waals surface area (Å²) >= 11 is 1.44. The normalized spacial score (nSPS) is 30.7. The van der Waals surface area contributed by atoms with E-state index < -0.39 is 0 Å². The third-order valence-electron chi connectivity index (χ3n) is 2.27. The van der Waals surface area contributed by atoms with Gasteiger partial charge in [-0.15, -0.1) is 0 Å². The molecular weight excluding hydrogens is 158 g/mol. The largest absolute Gasteiger partial charge is 0.332 e. The van der Waals surface area contributed by atoms with Crippen LogP contribution in [-0.2, 0) is 0 Å². The summed E-state index contributed by atoms with van der Waals surface area (Å²) in [6.07, 6.45) is 1.08. The smallest absolute Gasteiger partial charge is 0.282 e. The summed E-state index contributed by atoms with van der Waals surface area (Å²) in [5.74, 6) is 0. The summed E-state index contributed by atoms with van der Waals surface area (Å²) in [5, 5.41) is 0.669. The minimum atomic E-state index is 0.0434. The minimum Gasteiger partial charge on any atom is -0.332 e. The lowest BCUT2D eigenvalue weighted by Crippen LogP contribution is -2.48. The van der Waals surface area contributed by atoms with Crippen molar-refractivity contribution in [1.29, 1.82) is 0 Å². The zero-order chi connectivity index (χ0) is 8.65. The van der Waals surface area contributed by atoms with Crippen LogP contribution in [0.2, 0.25) is 0 Å². The molecule has 1 aliphatic heterocycles. The summed E-state index contributed by atoms with van der Waals surface area (Å²) in [5.41, 5.74) is 0.0434. The van der Waals surface area contributed by atoms with Crippen molar-refractivity contribution in [3.8, 4) is 0 Å². The molecule has 0 aromatic heterocycles. The van der Waals surface area contributed by atoms with Crippen molar-refractivity contribution >= 4 is 17.0 Å². The number of amides is 1. The summed E-state index contributed by atoms with van der Waals surface area (Å²) in [6, 6.07) is 0. The first-order chi connectivity index (χ1) is 4.93. The molecule has 0 N–H and O–H groups in total. The Morgan fingerprint density at radius 1 is 1.64 bits per heavy atom. The average Bonchev–Trinajstić information content (AvgIpc) is 1.81. The Labute approximate surface area is 72.3 Å². The monoisotopic (exact) mass is 173 g/mol. The lowest BCUT2D eigenvalue weighted by Gasteiger charge is -2.41. The number of carbonyl (C=O) groups excluding carboxylic acids is 1. The molecule has 0 aromatic rings. The van der Waals surface area contributed by atoms with Crippen LogP contribution in [0.25, 0.3) is 0 Å². The van der Waals surface area contributed by atoms with Crippen LogP contribution in [-0.4, -0.2) is 28.0 Å². The Hall–Kier alpha value is -0.180. The molecule has 0 spiro atoms. The van der Waals surface area contributed by atoms with Crippen LogP contribution in [0.3, 0.4) is 0 Å². The molecule has 1 atom stereocenters. The number of hydrogen-bond acceptors (Lipinski definition) is 2. The molecule has 1 unspecified atom stereocenters. The Kier molecular flexibility index (Phi) is 2.19. The molecule has 1 amide bonds. The molecule has 0 bridgehead atoms. The molecule has 64 valence electrons. The summed E-state index contributed by atoms with van der Waals surface area (Å²) in [6.45, 7) is 6.33. The fraction of sp³-hybridized carbons (Fsp3) is 0.875. The van der Waals surface area contributed by atoms with E-state index >= 15 is 0 Å². The molecule has 1 saturated heterocycles. The second-order valence-corrected chi connectivity index (χ2v) is 5.16. The standard InChI is InChI=1S/C8H15NOS/c1-6-5-8(2,3)9(4)7(10)11-6/h6H,5H2,1-4H3. The first-order valence-electron chi connectivity index (χ1n) is 3.88. The van der Waals surface area contributed by atoms with Crippen molar-refractivity contribution in [2.24, 2.45) is 0 Å². The van der Waals surface area contributed by atoms with Gasteiger partial charge in [0.05, 0.1) is 0 Å². The van der Waals surface area contributed by atoms with Gasteiger partial charge in [-0.3, -0.25) is 4.79 Å². The van der Waals surface area contributed by atoms with Gasteiger partial charge in [-0.05, 0) is 20.3 Å². The molecule has 1 rings (SSSR count). The molecule has 0 radical (unpaired) electrons. The Morgan fingerprint density at radius 3 is 2.64 bits per heavy atom. The van der Waals surface area contributed by atoms with Crippen LogP contribution >= 0.6 is 11.8 Å². The molecule has 0 aromatic carbocycles. The van der Waals surface area contributed by atoms with E-state index in [1.54, 1.807) is 0 Å². The van der Waals surface area contributed by atoms with E-state index in [9.17, 15) is 4.79 Å². The fourth-order valence-electron chi connectivity index (χ4n) is 1.38. The van der Waals surface area contributed by atoms with Gasteiger partial charge < -0.3 is 4.90 Å². The highest BCUT2D eigenvalue weighted by molar-refractivity contribution is 8.14. The van der Waals surface area contributed by atoms with Crippen LogP contribution in [0.4, 0.5) is 4.79 Å². The van der Waals surface area contributed by atoms with Crippen molar-refractivity contribution in [2.45, 2.75) is 38.0 Å². The van der Waals surface area contributed by atoms with Gasteiger partial charge in [0.1, 0.15) is 0 Å². The first-order valence-corrected chi connectivity index (χ1v) is 4.76. The van der Waals surface area contributed by atoms with Crippen molar-refractivity contribution in [2.75, 3.05) is 7.05 Å². The maximum atomic E-state index is 11.3. The van der Waals surface area contributed by atoms with E-state index in [-0.39, 0.29) is 10.8 Å². The Balaban J connectivity index is 2.75. The van der Waals surface area contributed by atoms with E-state index in [4.69, 9.17) is 0 Å². The van der Waals surface area contributed by atoms with E-state index in [0.29, 0.717) is 5.25 Å². The van der Waals surface area contributed by atoms with Gasteiger partial charge in [0.2, 0.25) is 0 Å². The van der Waals surface area contributed by atoms with Crippen LogP contribution < -0.4 is 0 Å². The molecule has 1 fully saturated rings. The number of rotatable bonds is 0. The topological polar surface area (TPSA) is 20.3 Å².